The van der Waals surface area contributed by atoms with E-state index < -0.39 is 11.7 Å². The first-order chi connectivity index (χ1) is 11.2. The fraction of sp³-hybridized carbons (Fsp3) is 0.211. The van der Waals surface area contributed by atoms with E-state index in [9.17, 15) is 18.0 Å². The second kappa shape index (κ2) is 6.91. The van der Waals surface area contributed by atoms with Crippen molar-refractivity contribution in [3.8, 4) is 0 Å². The Morgan fingerprint density at radius 2 is 1.92 bits per heavy atom. The molecule has 0 N–H and O–H groups in total. The second-order valence-electron chi connectivity index (χ2n) is 5.58. The van der Waals surface area contributed by atoms with Gasteiger partial charge in [-0.3, -0.25) is 4.79 Å². The van der Waals surface area contributed by atoms with E-state index in [1.165, 1.54) is 12.1 Å². The summed E-state index contributed by atoms with van der Waals surface area (Å²) in [6, 6.07) is 10.7. The van der Waals surface area contributed by atoms with Crippen LogP contribution in [0.25, 0.3) is 0 Å². The molecule has 0 aliphatic carbocycles. The van der Waals surface area contributed by atoms with Crippen LogP contribution in [0.5, 0.6) is 0 Å². The number of carbonyl (C=O) groups excluding carboxylic acids is 1. The fourth-order valence-corrected chi connectivity index (χ4v) is 2.43. The third-order valence-corrected chi connectivity index (χ3v) is 3.80. The Balaban J connectivity index is 2.39. The first-order valence-electron chi connectivity index (χ1n) is 7.38. The van der Waals surface area contributed by atoms with Crippen LogP contribution in [0.1, 0.15) is 16.7 Å². The van der Waals surface area contributed by atoms with Gasteiger partial charge in [0.1, 0.15) is 0 Å². The lowest BCUT2D eigenvalue weighted by Gasteiger charge is -2.23. The lowest BCUT2D eigenvalue weighted by atomic mass is 10.0. The van der Waals surface area contributed by atoms with Crippen molar-refractivity contribution < 1.29 is 18.0 Å². The van der Waals surface area contributed by atoms with E-state index >= 15 is 0 Å². The highest BCUT2D eigenvalue weighted by Gasteiger charge is 2.30. The van der Waals surface area contributed by atoms with Crippen molar-refractivity contribution >= 4 is 17.2 Å². The summed E-state index contributed by atoms with van der Waals surface area (Å²) in [5.74, 6) is -0.105. The molecule has 0 saturated heterocycles. The highest BCUT2D eigenvalue weighted by atomic mass is 19.4. The Labute approximate surface area is 139 Å². The van der Waals surface area contributed by atoms with Gasteiger partial charge >= 0.3 is 6.18 Å². The van der Waals surface area contributed by atoms with Crippen LogP contribution in [0.2, 0.25) is 0 Å². The van der Waals surface area contributed by atoms with Crippen LogP contribution in [0, 0.1) is 6.92 Å². The van der Waals surface area contributed by atoms with Gasteiger partial charge in [-0.15, -0.1) is 0 Å². The SMILES string of the molecule is C=CC(=O)Cc1ccc(C)c(N(C)c2cccc(C(F)(F)F)c2)c1. The van der Waals surface area contributed by atoms with Crippen molar-refractivity contribution in [2.24, 2.45) is 0 Å². The zero-order valence-corrected chi connectivity index (χ0v) is 13.5. The zero-order chi connectivity index (χ0) is 17.9. The van der Waals surface area contributed by atoms with Crippen LogP contribution < -0.4 is 4.90 Å². The molecule has 0 amide bonds. The van der Waals surface area contributed by atoms with Gasteiger partial charge in [-0.2, -0.15) is 13.2 Å². The number of rotatable bonds is 5. The molecule has 2 nitrogen and oxygen atoms in total. The molecule has 0 unspecified atom stereocenters. The van der Waals surface area contributed by atoms with Gasteiger partial charge in [0.05, 0.1) is 5.56 Å². The summed E-state index contributed by atoms with van der Waals surface area (Å²) < 4.78 is 38.7. The maximum Gasteiger partial charge on any atom is 0.416 e. The number of halogens is 3. The molecule has 0 aliphatic heterocycles. The van der Waals surface area contributed by atoms with Crippen LogP contribution in [0.15, 0.2) is 55.1 Å². The highest BCUT2D eigenvalue weighted by Crippen LogP contribution is 2.34. The molecule has 0 aliphatic rings. The smallest absolute Gasteiger partial charge is 0.344 e. The summed E-state index contributed by atoms with van der Waals surface area (Å²) in [5, 5.41) is 0. The number of anilines is 2. The summed E-state index contributed by atoms with van der Waals surface area (Å²) in [7, 11) is 1.71. The van der Waals surface area contributed by atoms with Crippen molar-refractivity contribution in [2.45, 2.75) is 19.5 Å². The van der Waals surface area contributed by atoms with Crippen LogP contribution in [0.4, 0.5) is 24.5 Å². The molecule has 0 radical (unpaired) electrons. The van der Waals surface area contributed by atoms with Gasteiger partial charge in [0, 0.05) is 24.8 Å². The number of ketones is 1. The minimum Gasteiger partial charge on any atom is -0.344 e. The quantitative estimate of drug-likeness (QED) is 0.711. The van der Waals surface area contributed by atoms with Crippen molar-refractivity contribution in [1.82, 2.24) is 0 Å². The minimum atomic E-state index is -4.38. The van der Waals surface area contributed by atoms with Crippen LogP contribution >= 0.6 is 0 Å². The van der Waals surface area contributed by atoms with Gasteiger partial charge in [0.15, 0.2) is 5.78 Å². The molecule has 5 heteroatoms. The number of alkyl halides is 3. The minimum absolute atomic E-state index is 0.105. The van der Waals surface area contributed by atoms with Crippen molar-refractivity contribution in [3.63, 3.8) is 0 Å². The molecule has 0 fully saturated rings. The topological polar surface area (TPSA) is 20.3 Å². The maximum absolute atomic E-state index is 12.9. The first-order valence-corrected chi connectivity index (χ1v) is 7.38. The molecule has 0 spiro atoms. The standard InChI is InChI=1S/C19H18F3NO/c1-4-17(24)10-14-9-8-13(2)18(11-14)23(3)16-7-5-6-15(12-16)19(20,21)22/h4-9,11-12H,1,10H2,2-3H3. The third kappa shape index (κ3) is 4.04. The fourth-order valence-electron chi connectivity index (χ4n) is 2.43. The van der Waals surface area contributed by atoms with Crippen molar-refractivity contribution in [2.75, 3.05) is 11.9 Å². The zero-order valence-electron chi connectivity index (χ0n) is 13.5. The molecule has 0 heterocycles. The van der Waals surface area contributed by atoms with E-state index in [4.69, 9.17) is 0 Å². The molecule has 2 aromatic rings. The normalized spacial score (nSPS) is 11.2. The Kier molecular flexibility index (Phi) is 5.12. The lowest BCUT2D eigenvalue weighted by Crippen LogP contribution is -2.13. The van der Waals surface area contributed by atoms with Gasteiger partial charge < -0.3 is 4.90 Å². The molecular weight excluding hydrogens is 315 g/mol. The monoisotopic (exact) mass is 333 g/mol. The molecule has 0 atom stereocenters. The summed E-state index contributed by atoms with van der Waals surface area (Å²) in [5.41, 5.74) is 2.19. The van der Waals surface area contributed by atoms with Gasteiger partial charge in [0.25, 0.3) is 0 Å². The number of benzene rings is 2. The van der Waals surface area contributed by atoms with Crippen molar-refractivity contribution in [1.29, 1.82) is 0 Å². The van der Waals surface area contributed by atoms with E-state index in [0.717, 1.165) is 28.9 Å². The molecule has 126 valence electrons. The van der Waals surface area contributed by atoms with E-state index in [0.29, 0.717) is 5.69 Å². The van der Waals surface area contributed by atoms with Gasteiger partial charge in [-0.05, 0) is 48.4 Å². The van der Waals surface area contributed by atoms with Crippen LogP contribution in [-0.4, -0.2) is 12.8 Å². The van der Waals surface area contributed by atoms with Crippen LogP contribution in [-0.2, 0) is 17.4 Å². The van der Waals surface area contributed by atoms with E-state index in [2.05, 4.69) is 6.58 Å². The third-order valence-electron chi connectivity index (χ3n) is 3.80. The molecule has 0 bridgehead atoms. The van der Waals surface area contributed by atoms with Gasteiger partial charge in [-0.25, -0.2) is 0 Å². The van der Waals surface area contributed by atoms with E-state index in [1.54, 1.807) is 18.0 Å². The van der Waals surface area contributed by atoms with Gasteiger partial charge in [-0.1, -0.05) is 24.8 Å². The van der Waals surface area contributed by atoms with Crippen molar-refractivity contribution in [3.05, 3.63) is 71.8 Å². The Morgan fingerprint density at radius 3 is 2.54 bits per heavy atom. The van der Waals surface area contributed by atoms with Gasteiger partial charge in [0.2, 0.25) is 0 Å². The second-order valence-corrected chi connectivity index (χ2v) is 5.58. The number of hydrogen-bond donors (Lipinski definition) is 0. The molecule has 0 saturated carbocycles. The number of hydrogen-bond acceptors (Lipinski definition) is 2. The van der Waals surface area contributed by atoms with E-state index in [-0.39, 0.29) is 12.2 Å². The summed E-state index contributed by atoms with van der Waals surface area (Å²) in [4.78, 5) is 13.2. The summed E-state index contributed by atoms with van der Waals surface area (Å²) in [6.07, 6.45) is -2.91. The Morgan fingerprint density at radius 1 is 1.21 bits per heavy atom. The number of allylic oxidation sites excluding steroid dienone is 1. The average molecular weight is 333 g/mol. The summed E-state index contributed by atoms with van der Waals surface area (Å²) >= 11 is 0. The molecule has 24 heavy (non-hydrogen) atoms. The van der Waals surface area contributed by atoms with E-state index in [1.807, 2.05) is 25.1 Å². The predicted octanol–water partition coefficient (Wildman–Crippen LogP) is 5.08. The highest BCUT2D eigenvalue weighted by molar-refractivity contribution is 5.91. The lowest BCUT2D eigenvalue weighted by molar-refractivity contribution is -0.137. The maximum atomic E-state index is 12.9. The summed E-state index contributed by atoms with van der Waals surface area (Å²) in [6.45, 7) is 5.32. The Hall–Kier alpha value is -2.56. The average Bonchev–Trinajstić information content (AvgIpc) is 2.55. The number of nitrogens with zero attached hydrogens (tertiary/aromatic N) is 1. The first kappa shape index (κ1) is 17.8. The predicted molar refractivity (Wildman–Crippen MR) is 89.6 cm³/mol. The molecule has 0 aromatic heterocycles. The number of aryl methyl sites for hydroxylation is 1. The Bertz CT molecular complexity index is 765. The molecular formula is C19H18F3NO. The molecule has 2 aromatic carbocycles. The largest absolute Gasteiger partial charge is 0.416 e. The number of carbonyl (C=O) groups is 1. The molecule has 2 rings (SSSR count). The van der Waals surface area contributed by atoms with Crippen LogP contribution in [0.3, 0.4) is 0 Å².